The zero-order valence-corrected chi connectivity index (χ0v) is 13.2. The number of carbonyl (C=O) groups is 1. The Kier molecular flexibility index (Phi) is 5.01. The van der Waals surface area contributed by atoms with E-state index in [2.05, 4.69) is 0 Å². The van der Waals surface area contributed by atoms with Gasteiger partial charge in [0.2, 0.25) is 5.91 Å². The van der Waals surface area contributed by atoms with E-state index < -0.39 is 0 Å². The average Bonchev–Trinajstić information content (AvgIpc) is 2.43. The van der Waals surface area contributed by atoms with E-state index in [0.717, 1.165) is 5.56 Å². The second-order valence-electron chi connectivity index (χ2n) is 6.52. The molecule has 1 aromatic carbocycles. The molecule has 1 saturated heterocycles. The first-order valence-electron chi connectivity index (χ1n) is 7.63. The van der Waals surface area contributed by atoms with Gasteiger partial charge in [-0.05, 0) is 32.8 Å². The van der Waals surface area contributed by atoms with Crippen LogP contribution in [0.2, 0.25) is 0 Å². The van der Waals surface area contributed by atoms with Crippen molar-refractivity contribution in [1.29, 1.82) is 0 Å². The first-order valence-corrected chi connectivity index (χ1v) is 7.63. The molecule has 0 saturated carbocycles. The van der Waals surface area contributed by atoms with Gasteiger partial charge in [-0.3, -0.25) is 4.79 Å². The van der Waals surface area contributed by atoms with Crippen LogP contribution in [0.25, 0.3) is 0 Å². The molecular weight excluding hydrogens is 264 g/mol. The highest BCUT2D eigenvalue weighted by Crippen LogP contribution is 2.22. The smallest absolute Gasteiger partial charge is 0.222 e. The van der Waals surface area contributed by atoms with Crippen LogP contribution < -0.4 is 5.73 Å². The largest absolute Gasteiger partial charge is 0.369 e. The van der Waals surface area contributed by atoms with Gasteiger partial charge in [-0.1, -0.05) is 30.3 Å². The molecule has 0 spiro atoms. The molecular formula is C17H26N2O2. The first-order chi connectivity index (χ1) is 9.87. The lowest BCUT2D eigenvalue weighted by Crippen LogP contribution is -2.53. The Labute approximate surface area is 127 Å². The molecule has 1 aliphatic rings. The van der Waals surface area contributed by atoms with Crippen molar-refractivity contribution in [1.82, 2.24) is 4.90 Å². The number of amides is 1. The van der Waals surface area contributed by atoms with Gasteiger partial charge in [-0.2, -0.15) is 0 Å². The molecule has 0 radical (unpaired) electrons. The lowest BCUT2D eigenvalue weighted by atomic mass is 10.0. The van der Waals surface area contributed by atoms with Crippen molar-refractivity contribution in [3.05, 3.63) is 35.9 Å². The molecule has 0 aliphatic carbocycles. The number of morpholine rings is 1. The van der Waals surface area contributed by atoms with E-state index in [1.54, 1.807) is 0 Å². The number of rotatable bonds is 4. The third kappa shape index (κ3) is 4.55. The molecule has 1 amide bonds. The quantitative estimate of drug-likeness (QED) is 0.927. The number of carbonyl (C=O) groups excluding carboxylic acids is 1. The SMILES string of the molecule is C[C@@H]1CN(C(=O)CC[C@@H](N)c2ccccc2)CC(C)(C)O1. The van der Waals surface area contributed by atoms with Gasteiger partial charge >= 0.3 is 0 Å². The van der Waals surface area contributed by atoms with Crippen molar-refractivity contribution >= 4 is 5.91 Å². The summed E-state index contributed by atoms with van der Waals surface area (Å²) in [4.78, 5) is 14.3. The summed E-state index contributed by atoms with van der Waals surface area (Å²) in [5.41, 5.74) is 6.97. The van der Waals surface area contributed by atoms with E-state index in [0.29, 0.717) is 25.9 Å². The Morgan fingerprint density at radius 2 is 2.10 bits per heavy atom. The first kappa shape index (κ1) is 16.0. The zero-order valence-electron chi connectivity index (χ0n) is 13.2. The normalized spacial score (nSPS) is 22.9. The highest BCUT2D eigenvalue weighted by Gasteiger charge is 2.33. The van der Waals surface area contributed by atoms with E-state index in [9.17, 15) is 4.79 Å². The second kappa shape index (κ2) is 6.58. The molecule has 1 heterocycles. The Hall–Kier alpha value is -1.39. The van der Waals surface area contributed by atoms with Crippen LogP contribution in [-0.2, 0) is 9.53 Å². The van der Waals surface area contributed by atoms with Crippen molar-refractivity contribution in [3.8, 4) is 0 Å². The summed E-state index contributed by atoms with van der Waals surface area (Å²) in [5.74, 6) is 0.171. The van der Waals surface area contributed by atoms with Gasteiger partial charge in [0.15, 0.2) is 0 Å². The zero-order chi connectivity index (χ0) is 15.5. The lowest BCUT2D eigenvalue weighted by molar-refractivity contribution is -0.158. The molecule has 0 bridgehead atoms. The summed E-state index contributed by atoms with van der Waals surface area (Å²) in [6.45, 7) is 7.38. The molecule has 116 valence electrons. The van der Waals surface area contributed by atoms with E-state index in [1.807, 2.05) is 56.0 Å². The fourth-order valence-electron chi connectivity index (χ4n) is 2.95. The predicted octanol–water partition coefficient (Wildman–Crippen LogP) is 2.49. The Morgan fingerprint density at radius 1 is 1.43 bits per heavy atom. The molecule has 4 nitrogen and oxygen atoms in total. The summed E-state index contributed by atoms with van der Waals surface area (Å²) < 4.78 is 5.83. The highest BCUT2D eigenvalue weighted by atomic mass is 16.5. The maximum Gasteiger partial charge on any atom is 0.222 e. The molecule has 1 fully saturated rings. The number of benzene rings is 1. The fraction of sp³-hybridized carbons (Fsp3) is 0.588. The molecule has 4 heteroatoms. The maximum absolute atomic E-state index is 12.4. The van der Waals surface area contributed by atoms with Crippen LogP contribution in [0.15, 0.2) is 30.3 Å². The van der Waals surface area contributed by atoms with E-state index in [1.165, 1.54) is 0 Å². The maximum atomic E-state index is 12.4. The number of ether oxygens (including phenoxy) is 1. The van der Waals surface area contributed by atoms with Crippen LogP contribution >= 0.6 is 0 Å². The van der Waals surface area contributed by atoms with Crippen LogP contribution in [-0.4, -0.2) is 35.6 Å². The van der Waals surface area contributed by atoms with Crippen LogP contribution in [0.1, 0.15) is 45.2 Å². The summed E-state index contributed by atoms with van der Waals surface area (Å²) in [6.07, 6.45) is 1.24. The van der Waals surface area contributed by atoms with Gasteiger partial charge in [0, 0.05) is 25.6 Å². The molecule has 1 aliphatic heterocycles. The second-order valence-corrected chi connectivity index (χ2v) is 6.52. The van der Waals surface area contributed by atoms with Gasteiger partial charge in [0.25, 0.3) is 0 Å². The summed E-state index contributed by atoms with van der Waals surface area (Å²) in [7, 11) is 0. The van der Waals surface area contributed by atoms with Gasteiger partial charge in [0.1, 0.15) is 0 Å². The highest BCUT2D eigenvalue weighted by molar-refractivity contribution is 5.76. The third-order valence-corrected chi connectivity index (χ3v) is 3.82. The van der Waals surface area contributed by atoms with Gasteiger partial charge in [-0.15, -0.1) is 0 Å². The Balaban J connectivity index is 1.87. The van der Waals surface area contributed by atoms with Crippen molar-refractivity contribution in [3.63, 3.8) is 0 Å². The van der Waals surface area contributed by atoms with E-state index in [-0.39, 0.29) is 23.7 Å². The number of hydrogen-bond donors (Lipinski definition) is 1. The van der Waals surface area contributed by atoms with Gasteiger partial charge in [0.05, 0.1) is 11.7 Å². The van der Waals surface area contributed by atoms with Crippen molar-refractivity contribution in [2.75, 3.05) is 13.1 Å². The van der Waals surface area contributed by atoms with Crippen LogP contribution in [0.3, 0.4) is 0 Å². The molecule has 1 aromatic rings. The average molecular weight is 290 g/mol. The third-order valence-electron chi connectivity index (χ3n) is 3.82. The minimum Gasteiger partial charge on any atom is -0.369 e. The van der Waals surface area contributed by atoms with E-state index in [4.69, 9.17) is 10.5 Å². The monoisotopic (exact) mass is 290 g/mol. The van der Waals surface area contributed by atoms with Crippen molar-refractivity contribution in [2.24, 2.45) is 5.73 Å². The van der Waals surface area contributed by atoms with Crippen molar-refractivity contribution in [2.45, 2.75) is 51.4 Å². The summed E-state index contributed by atoms with van der Waals surface area (Å²) in [5, 5.41) is 0. The minimum absolute atomic E-state index is 0.0818. The van der Waals surface area contributed by atoms with Crippen LogP contribution in [0, 0.1) is 0 Å². The molecule has 21 heavy (non-hydrogen) atoms. The van der Waals surface area contributed by atoms with Gasteiger partial charge < -0.3 is 15.4 Å². The van der Waals surface area contributed by atoms with Gasteiger partial charge in [-0.25, -0.2) is 0 Å². The van der Waals surface area contributed by atoms with Crippen LogP contribution in [0.5, 0.6) is 0 Å². The Morgan fingerprint density at radius 3 is 2.71 bits per heavy atom. The summed E-state index contributed by atoms with van der Waals surface area (Å²) >= 11 is 0. The predicted molar refractivity (Wildman–Crippen MR) is 83.8 cm³/mol. The topological polar surface area (TPSA) is 55.6 Å². The number of nitrogens with zero attached hydrogens (tertiary/aromatic N) is 1. The minimum atomic E-state index is -0.269. The number of hydrogen-bond acceptors (Lipinski definition) is 3. The summed E-state index contributed by atoms with van der Waals surface area (Å²) in [6, 6.07) is 9.86. The lowest BCUT2D eigenvalue weighted by Gasteiger charge is -2.41. The molecule has 2 rings (SSSR count). The van der Waals surface area contributed by atoms with Crippen molar-refractivity contribution < 1.29 is 9.53 Å². The Bertz CT molecular complexity index is 473. The fourth-order valence-corrected chi connectivity index (χ4v) is 2.95. The number of nitrogens with two attached hydrogens (primary N) is 1. The molecule has 0 aromatic heterocycles. The molecule has 0 unspecified atom stereocenters. The molecule has 2 N–H and O–H groups in total. The molecule has 2 atom stereocenters. The van der Waals surface area contributed by atoms with Crippen LogP contribution in [0.4, 0.5) is 0 Å². The van der Waals surface area contributed by atoms with E-state index >= 15 is 0 Å². The standard InChI is InChI=1S/C17H26N2O2/c1-13-11-19(12-17(2,3)21-13)16(20)10-9-15(18)14-7-5-4-6-8-14/h4-8,13,15H,9-12,18H2,1-3H3/t13-,15-/m1/s1.